The molecule has 1 aromatic carbocycles. The van der Waals surface area contributed by atoms with E-state index >= 15 is 0 Å². The van der Waals surface area contributed by atoms with Crippen molar-refractivity contribution >= 4 is 23.4 Å². The van der Waals surface area contributed by atoms with Crippen LogP contribution in [0.4, 0.5) is 16.2 Å². The molecule has 2 saturated carbocycles. The highest BCUT2D eigenvalue weighted by Gasteiger charge is 2.42. The van der Waals surface area contributed by atoms with Crippen molar-refractivity contribution in [2.45, 2.75) is 38.6 Å². The highest BCUT2D eigenvalue weighted by Crippen LogP contribution is 2.49. The average Bonchev–Trinajstić information content (AvgIpc) is 3.23. The van der Waals surface area contributed by atoms with Crippen molar-refractivity contribution in [1.29, 1.82) is 0 Å². The van der Waals surface area contributed by atoms with Crippen LogP contribution >= 0.6 is 0 Å². The quantitative estimate of drug-likeness (QED) is 0.740. The van der Waals surface area contributed by atoms with Gasteiger partial charge in [-0.05, 0) is 62.1 Å². The van der Waals surface area contributed by atoms with Crippen LogP contribution in [0.3, 0.4) is 0 Å². The Hall–Kier alpha value is -2.24. The van der Waals surface area contributed by atoms with Gasteiger partial charge < -0.3 is 15.4 Å². The molecule has 3 N–H and O–H groups in total. The molecule has 4 atom stereocenters. The van der Waals surface area contributed by atoms with Gasteiger partial charge in [0, 0.05) is 17.4 Å². The number of nitrogens with one attached hydrogen (secondary N) is 3. The van der Waals surface area contributed by atoms with Gasteiger partial charge in [0.05, 0.1) is 13.7 Å². The van der Waals surface area contributed by atoms with Crippen LogP contribution in [-0.4, -0.2) is 31.7 Å². The first kappa shape index (κ1) is 17.6. The maximum absolute atomic E-state index is 12.2. The van der Waals surface area contributed by atoms with Crippen molar-refractivity contribution in [3.8, 4) is 0 Å². The molecule has 3 rings (SSSR count). The summed E-state index contributed by atoms with van der Waals surface area (Å²) in [6.07, 6.45) is 4.80. The van der Waals surface area contributed by atoms with Crippen LogP contribution in [0.2, 0.25) is 0 Å². The summed E-state index contributed by atoms with van der Waals surface area (Å²) in [7, 11) is 1.32. The van der Waals surface area contributed by atoms with E-state index in [0.29, 0.717) is 11.6 Å². The number of hydrogen-bond acceptors (Lipinski definition) is 4. The number of rotatable bonds is 6. The summed E-state index contributed by atoms with van der Waals surface area (Å²) < 4.78 is 4.57. The second-order valence-corrected chi connectivity index (χ2v) is 7.25. The number of ether oxygens (including phenoxy) is 1. The van der Waals surface area contributed by atoms with Gasteiger partial charge in [-0.25, -0.2) is 4.79 Å². The maximum atomic E-state index is 12.2. The fraction of sp³-hybridized carbons (Fsp3) is 0.579. The lowest BCUT2D eigenvalue weighted by Crippen LogP contribution is -2.42. The van der Waals surface area contributed by atoms with Crippen LogP contribution in [0, 0.1) is 17.8 Å². The lowest BCUT2D eigenvalue weighted by molar-refractivity contribution is -0.120. The molecule has 136 valence electrons. The van der Waals surface area contributed by atoms with E-state index in [2.05, 4.69) is 27.6 Å². The highest BCUT2D eigenvalue weighted by atomic mass is 16.5. The van der Waals surface area contributed by atoms with Gasteiger partial charge in [0.15, 0.2) is 0 Å². The molecule has 0 radical (unpaired) electrons. The first-order valence-corrected chi connectivity index (χ1v) is 9.03. The molecule has 1 aromatic rings. The number of carbonyl (C=O) groups is 2. The lowest BCUT2D eigenvalue weighted by Gasteiger charge is -2.28. The smallest absolute Gasteiger partial charge is 0.411 e. The number of hydrogen-bond donors (Lipinski definition) is 3. The summed E-state index contributed by atoms with van der Waals surface area (Å²) in [4.78, 5) is 23.5. The molecule has 0 heterocycles. The third-order valence-corrected chi connectivity index (χ3v) is 5.57. The Balaban J connectivity index is 1.45. The van der Waals surface area contributed by atoms with Crippen LogP contribution < -0.4 is 16.0 Å². The molecule has 2 aliphatic rings. The monoisotopic (exact) mass is 345 g/mol. The van der Waals surface area contributed by atoms with Gasteiger partial charge in [0.25, 0.3) is 0 Å². The predicted molar refractivity (Wildman–Crippen MR) is 97.5 cm³/mol. The molecule has 0 unspecified atom stereocenters. The molecule has 2 bridgehead atoms. The Labute approximate surface area is 148 Å². The van der Waals surface area contributed by atoms with Crippen molar-refractivity contribution in [1.82, 2.24) is 5.32 Å². The Morgan fingerprint density at radius 2 is 2.04 bits per heavy atom. The standard InChI is InChI=1S/C19H27N3O3/c1-12(17-9-13-6-7-14(17)8-13)21-18(23)11-20-15-4-3-5-16(10-15)22-19(24)25-2/h3-5,10,12-14,17,20H,6-9,11H2,1-2H3,(H,21,23)(H,22,24)/t12-,13-,14-,17-/m0/s1. The van der Waals surface area contributed by atoms with Crippen LogP contribution in [0.5, 0.6) is 0 Å². The summed E-state index contributed by atoms with van der Waals surface area (Å²) >= 11 is 0. The van der Waals surface area contributed by atoms with E-state index < -0.39 is 6.09 Å². The van der Waals surface area contributed by atoms with Gasteiger partial charge in [0.2, 0.25) is 5.91 Å². The van der Waals surface area contributed by atoms with E-state index in [4.69, 9.17) is 0 Å². The minimum absolute atomic E-state index is 0.00148. The molecule has 2 fully saturated rings. The number of anilines is 2. The van der Waals surface area contributed by atoms with Crippen LogP contribution in [0.15, 0.2) is 24.3 Å². The molecule has 6 nitrogen and oxygen atoms in total. The average molecular weight is 345 g/mol. The van der Waals surface area contributed by atoms with Crippen molar-refractivity contribution in [3.05, 3.63) is 24.3 Å². The SMILES string of the molecule is COC(=O)Nc1cccc(NCC(=O)N[C@@H](C)[C@@H]2C[C@H]3CC[C@H]2C3)c1. The molecule has 6 heteroatoms. The topological polar surface area (TPSA) is 79.5 Å². The first-order chi connectivity index (χ1) is 12.0. The second kappa shape index (κ2) is 7.76. The number of amides is 2. The summed E-state index contributed by atoms with van der Waals surface area (Å²) in [6.45, 7) is 2.34. The summed E-state index contributed by atoms with van der Waals surface area (Å²) in [5, 5.41) is 8.85. The number of methoxy groups -OCH3 is 1. The Kier molecular flexibility index (Phi) is 5.46. The van der Waals surface area contributed by atoms with Gasteiger partial charge in [-0.15, -0.1) is 0 Å². The zero-order chi connectivity index (χ0) is 17.8. The Morgan fingerprint density at radius 3 is 2.72 bits per heavy atom. The number of fused-ring (bicyclic) bond motifs is 2. The Morgan fingerprint density at radius 1 is 1.24 bits per heavy atom. The van der Waals surface area contributed by atoms with E-state index in [-0.39, 0.29) is 18.5 Å². The van der Waals surface area contributed by atoms with Gasteiger partial charge in [-0.2, -0.15) is 0 Å². The molecule has 0 aliphatic heterocycles. The minimum Gasteiger partial charge on any atom is -0.453 e. The van der Waals surface area contributed by atoms with Crippen LogP contribution in [0.25, 0.3) is 0 Å². The molecular weight excluding hydrogens is 318 g/mol. The molecule has 0 saturated heterocycles. The summed E-state index contributed by atoms with van der Waals surface area (Å²) in [5.41, 5.74) is 1.39. The molecule has 2 aliphatic carbocycles. The van der Waals surface area contributed by atoms with Crippen molar-refractivity contribution in [2.75, 3.05) is 24.3 Å². The van der Waals surface area contributed by atoms with Gasteiger partial charge in [-0.3, -0.25) is 10.1 Å². The number of benzene rings is 1. The van der Waals surface area contributed by atoms with E-state index in [1.54, 1.807) is 12.1 Å². The Bertz CT molecular complexity index is 634. The third kappa shape index (κ3) is 4.44. The normalized spacial score (nSPS) is 25.3. The highest BCUT2D eigenvalue weighted by molar-refractivity contribution is 5.85. The third-order valence-electron chi connectivity index (χ3n) is 5.57. The minimum atomic E-state index is -0.519. The van der Waals surface area contributed by atoms with Crippen molar-refractivity contribution < 1.29 is 14.3 Å². The second-order valence-electron chi connectivity index (χ2n) is 7.25. The fourth-order valence-electron chi connectivity index (χ4n) is 4.38. The van der Waals surface area contributed by atoms with Crippen LogP contribution in [0.1, 0.15) is 32.6 Å². The van der Waals surface area contributed by atoms with Crippen molar-refractivity contribution in [3.63, 3.8) is 0 Å². The van der Waals surface area contributed by atoms with Crippen molar-refractivity contribution in [2.24, 2.45) is 17.8 Å². The molecule has 0 spiro atoms. The molecule has 0 aromatic heterocycles. The lowest BCUT2D eigenvalue weighted by atomic mass is 9.84. The summed E-state index contributed by atoms with van der Waals surface area (Å²) in [5.74, 6) is 2.32. The zero-order valence-electron chi connectivity index (χ0n) is 14.9. The first-order valence-electron chi connectivity index (χ1n) is 9.03. The predicted octanol–water partition coefficient (Wildman–Crippen LogP) is 3.22. The molecular formula is C19H27N3O3. The van der Waals surface area contributed by atoms with Crippen LogP contribution in [-0.2, 0) is 9.53 Å². The molecule has 2 amide bonds. The van der Waals surface area contributed by atoms with Gasteiger partial charge in [-0.1, -0.05) is 12.5 Å². The zero-order valence-corrected chi connectivity index (χ0v) is 14.9. The van der Waals surface area contributed by atoms with E-state index in [1.165, 1.54) is 32.8 Å². The fourth-order valence-corrected chi connectivity index (χ4v) is 4.38. The van der Waals surface area contributed by atoms with E-state index in [0.717, 1.165) is 17.5 Å². The number of carbonyl (C=O) groups excluding carboxylic acids is 2. The maximum Gasteiger partial charge on any atom is 0.411 e. The van der Waals surface area contributed by atoms with E-state index in [1.807, 2.05) is 12.1 Å². The molecule has 25 heavy (non-hydrogen) atoms. The van der Waals surface area contributed by atoms with E-state index in [9.17, 15) is 9.59 Å². The largest absolute Gasteiger partial charge is 0.453 e. The van der Waals surface area contributed by atoms with Gasteiger partial charge >= 0.3 is 6.09 Å². The summed E-state index contributed by atoms with van der Waals surface area (Å²) in [6, 6.07) is 7.43. The van der Waals surface area contributed by atoms with Gasteiger partial charge in [0.1, 0.15) is 0 Å².